The molecule has 0 bridgehead atoms. The number of imidazole rings is 1. The SMILES string of the molecule is CCCCCCCCOC(=O)[C@H](Cc1cnc[nH]1)N(C)C(=O)OC(C)(C)C. The minimum absolute atomic E-state index is 0.297. The molecule has 0 unspecified atom stereocenters. The lowest BCUT2D eigenvalue weighted by Gasteiger charge is -2.29. The Labute approximate surface area is 162 Å². The Morgan fingerprint density at radius 2 is 1.85 bits per heavy atom. The first-order valence-electron chi connectivity index (χ1n) is 9.84. The molecular weight excluding hydrogens is 346 g/mol. The highest BCUT2D eigenvalue weighted by molar-refractivity contribution is 5.81. The highest BCUT2D eigenvalue weighted by atomic mass is 16.6. The Balaban J connectivity index is 2.59. The number of nitrogens with zero attached hydrogens (tertiary/aromatic N) is 2. The van der Waals surface area contributed by atoms with Crippen LogP contribution in [0.15, 0.2) is 12.5 Å². The van der Waals surface area contributed by atoms with Gasteiger partial charge in [-0.25, -0.2) is 14.6 Å². The molecule has 1 atom stereocenters. The predicted molar refractivity (Wildman–Crippen MR) is 104 cm³/mol. The van der Waals surface area contributed by atoms with Crippen LogP contribution in [-0.4, -0.2) is 52.2 Å². The molecule has 0 aliphatic heterocycles. The second-order valence-electron chi connectivity index (χ2n) is 7.82. The zero-order valence-corrected chi connectivity index (χ0v) is 17.4. The first kappa shape index (κ1) is 23.0. The zero-order valence-electron chi connectivity index (χ0n) is 17.4. The Bertz CT molecular complexity index is 552. The molecule has 27 heavy (non-hydrogen) atoms. The van der Waals surface area contributed by atoms with E-state index in [2.05, 4.69) is 16.9 Å². The van der Waals surface area contributed by atoms with Crippen molar-refractivity contribution in [3.8, 4) is 0 Å². The monoisotopic (exact) mass is 381 g/mol. The lowest BCUT2D eigenvalue weighted by atomic mass is 10.1. The molecule has 0 aliphatic carbocycles. The van der Waals surface area contributed by atoms with Gasteiger partial charge in [-0.2, -0.15) is 0 Å². The molecule has 1 N–H and O–H groups in total. The summed E-state index contributed by atoms with van der Waals surface area (Å²) in [7, 11) is 1.56. The molecule has 0 aliphatic rings. The largest absolute Gasteiger partial charge is 0.464 e. The molecule has 154 valence electrons. The van der Waals surface area contributed by atoms with E-state index in [4.69, 9.17) is 9.47 Å². The molecule has 1 amide bonds. The van der Waals surface area contributed by atoms with Crippen molar-refractivity contribution in [1.82, 2.24) is 14.9 Å². The van der Waals surface area contributed by atoms with E-state index in [1.807, 2.05) is 0 Å². The van der Waals surface area contributed by atoms with Crippen molar-refractivity contribution in [1.29, 1.82) is 0 Å². The van der Waals surface area contributed by atoms with E-state index in [0.29, 0.717) is 13.0 Å². The van der Waals surface area contributed by atoms with Gasteiger partial charge in [0, 0.05) is 25.4 Å². The van der Waals surface area contributed by atoms with Gasteiger partial charge in [0.15, 0.2) is 0 Å². The molecule has 0 saturated heterocycles. The van der Waals surface area contributed by atoms with E-state index in [9.17, 15) is 9.59 Å². The van der Waals surface area contributed by atoms with Crippen molar-refractivity contribution in [2.45, 2.75) is 84.3 Å². The fraction of sp³-hybridized carbons (Fsp3) is 0.750. The predicted octanol–water partition coefficient (Wildman–Crippen LogP) is 4.09. The molecule has 0 fully saturated rings. The van der Waals surface area contributed by atoms with Crippen LogP contribution in [-0.2, 0) is 20.7 Å². The van der Waals surface area contributed by atoms with E-state index in [1.165, 1.54) is 24.2 Å². The first-order valence-corrected chi connectivity index (χ1v) is 9.84. The Hall–Kier alpha value is -2.05. The summed E-state index contributed by atoms with van der Waals surface area (Å²) in [5, 5.41) is 0. The van der Waals surface area contributed by atoms with Gasteiger partial charge in [0.05, 0.1) is 12.9 Å². The van der Waals surface area contributed by atoms with Crippen LogP contribution >= 0.6 is 0 Å². The van der Waals surface area contributed by atoms with Crippen molar-refractivity contribution in [3.63, 3.8) is 0 Å². The number of esters is 1. The number of H-pyrrole nitrogens is 1. The summed E-state index contributed by atoms with van der Waals surface area (Å²) in [6.45, 7) is 7.92. The maximum absolute atomic E-state index is 12.6. The number of ether oxygens (including phenoxy) is 2. The molecular formula is C20H35N3O4. The molecule has 1 aromatic rings. The number of amides is 1. The summed E-state index contributed by atoms with van der Waals surface area (Å²) in [5.41, 5.74) is 0.124. The number of aromatic amines is 1. The summed E-state index contributed by atoms with van der Waals surface area (Å²) in [5.74, 6) is -0.425. The van der Waals surface area contributed by atoms with Crippen LogP contribution in [0.4, 0.5) is 4.79 Å². The van der Waals surface area contributed by atoms with E-state index in [1.54, 1.807) is 40.3 Å². The Morgan fingerprint density at radius 3 is 2.44 bits per heavy atom. The van der Waals surface area contributed by atoms with E-state index in [-0.39, 0.29) is 0 Å². The van der Waals surface area contributed by atoms with Crippen molar-refractivity contribution >= 4 is 12.1 Å². The third-order valence-corrected chi connectivity index (χ3v) is 4.13. The van der Waals surface area contributed by atoms with Crippen LogP contribution in [0.1, 0.15) is 71.9 Å². The number of aromatic nitrogens is 2. The van der Waals surface area contributed by atoms with E-state index >= 15 is 0 Å². The molecule has 7 heteroatoms. The van der Waals surface area contributed by atoms with E-state index < -0.39 is 23.7 Å². The smallest absolute Gasteiger partial charge is 0.410 e. The number of hydrogen-bond donors (Lipinski definition) is 1. The van der Waals surface area contributed by atoms with Gasteiger partial charge >= 0.3 is 12.1 Å². The molecule has 0 radical (unpaired) electrons. The van der Waals surface area contributed by atoms with Gasteiger partial charge < -0.3 is 14.5 Å². The lowest BCUT2D eigenvalue weighted by molar-refractivity contribution is -0.149. The van der Waals surface area contributed by atoms with Gasteiger partial charge in [-0.1, -0.05) is 39.0 Å². The number of unbranched alkanes of at least 4 members (excludes halogenated alkanes) is 5. The fourth-order valence-electron chi connectivity index (χ4n) is 2.60. The van der Waals surface area contributed by atoms with Gasteiger partial charge in [-0.15, -0.1) is 0 Å². The summed E-state index contributed by atoms with van der Waals surface area (Å²) in [6, 6.07) is -0.764. The van der Waals surface area contributed by atoms with E-state index in [0.717, 1.165) is 25.0 Å². The molecule has 0 aromatic carbocycles. The summed E-state index contributed by atoms with van der Waals surface area (Å²) >= 11 is 0. The average Bonchev–Trinajstić information content (AvgIpc) is 3.09. The van der Waals surface area contributed by atoms with Gasteiger partial charge in [-0.3, -0.25) is 4.90 Å². The molecule has 1 aromatic heterocycles. The van der Waals surface area contributed by atoms with Crippen LogP contribution in [0, 0.1) is 0 Å². The minimum atomic E-state index is -0.764. The molecule has 0 spiro atoms. The van der Waals surface area contributed by atoms with Crippen molar-refractivity contribution in [2.24, 2.45) is 0 Å². The number of hydrogen-bond acceptors (Lipinski definition) is 5. The highest BCUT2D eigenvalue weighted by Crippen LogP contribution is 2.14. The van der Waals surface area contributed by atoms with Crippen molar-refractivity contribution < 1.29 is 19.1 Å². The average molecular weight is 382 g/mol. The first-order chi connectivity index (χ1) is 12.7. The lowest BCUT2D eigenvalue weighted by Crippen LogP contribution is -2.46. The van der Waals surface area contributed by atoms with Gasteiger partial charge in [0.2, 0.25) is 0 Å². The third-order valence-electron chi connectivity index (χ3n) is 4.13. The normalized spacial score (nSPS) is 12.5. The standard InChI is InChI=1S/C20H35N3O4/c1-6-7-8-9-10-11-12-26-18(24)17(13-16-14-21-15-22-16)23(5)19(25)27-20(2,3)4/h14-15,17H,6-13H2,1-5H3,(H,21,22)/t17-/m0/s1. The molecule has 7 nitrogen and oxygen atoms in total. The van der Waals surface area contributed by atoms with Crippen molar-refractivity contribution in [3.05, 3.63) is 18.2 Å². The van der Waals surface area contributed by atoms with Gasteiger partial charge in [-0.05, 0) is 27.2 Å². The minimum Gasteiger partial charge on any atom is -0.464 e. The van der Waals surface area contributed by atoms with Gasteiger partial charge in [0.1, 0.15) is 11.6 Å². The number of carbonyl (C=O) groups excluding carboxylic acids is 2. The number of carbonyl (C=O) groups is 2. The molecule has 1 heterocycles. The van der Waals surface area contributed by atoms with Crippen molar-refractivity contribution in [2.75, 3.05) is 13.7 Å². The number of nitrogens with one attached hydrogen (secondary N) is 1. The second kappa shape index (κ2) is 11.6. The maximum atomic E-state index is 12.6. The summed E-state index contributed by atoms with van der Waals surface area (Å²) in [4.78, 5) is 33.2. The van der Waals surface area contributed by atoms with Crippen LogP contribution in [0.5, 0.6) is 0 Å². The second-order valence-corrected chi connectivity index (χ2v) is 7.82. The van der Waals surface area contributed by atoms with Crippen LogP contribution < -0.4 is 0 Å². The molecule has 0 saturated carbocycles. The fourth-order valence-corrected chi connectivity index (χ4v) is 2.60. The zero-order chi connectivity index (χ0) is 20.3. The Morgan fingerprint density at radius 1 is 1.19 bits per heavy atom. The van der Waals surface area contributed by atoms with Crippen LogP contribution in [0.25, 0.3) is 0 Å². The topological polar surface area (TPSA) is 84.5 Å². The maximum Gasteiger partial charge on any atom is 0.410 e. The summed E-state index contributed by atoms with van der Waals surface area (Å²) < 4.78 is 10.8. The quantitative estimate of drug-likeness (QED) is 0.461. The van der Waals surface area contributed by atoms with Crippen LogP contribution in [0.2, 0.25) is 0 Å². The highest BCUT2D eigenvalue weighted by Gasteiger charge is 2.32. The van der Waals surface area contributed by atoms with Gasteiger partial charge in [0.25, 0.3) is 0 Å². The Kier molecular flexibility index (Phi) is 9.89. The van der Waals surface area contributed by atoms with Crippen LogP contribution in [0.3, 0.4) is 0 Å². The molecule has 1 rings (SSSR count). The third kappa shape index (κ3) is 9.45. The summed E-state index contributed by atoms with van der Waals surface area (Å²) in [6.07, 6.45) is 9.62. The number of rotatable bonds is 11. The number of likely N-dealkylation sites (N-methyl/N-ethyl adjacent to an activating group) is 1.